The van der Waals surface area contributed by atoms with Gasteiger partial charge in [0.15, 0.2) is 0 Å². The summed E-state index contributed by atoms with van der Waals surface area (Å²) in [6.45, 7) is 2.11. The highest BCUT2D eigenvalue weighted by Gasteiger charge is 2.37. The Labute approximate surface area is 212 Å². The van der Waals surface area contributed by atoms with E-state index in [1.165, 1.54) is 16.7 Å². The van der Waals surface area contributed by atoms with Crippen LogP contribution in [0.3, 0.4) is 0 Å². The highest BCUT2D eigenvalue weighted by Crippen LogP contribution is 2.26. The van der Waals surface area contributed by atoms with E-state index in [2.05, 4.69) is 5.32 Å². The molecule has 1 heterocycles. The zero-order chi connectivity index (χ0) is 24.7. The fourth-order valence-corrected chi connectivity index (χ4v) is 4.97. The van der Waals surface area contributed by atoms with Crippen LogP contribution in [0.15, 0.2) is 42.5 Å². The van der Waals surface area contributed by atoms with E-state index in [9.17, 15) is 14.4 Å². The van der Waals surface area contributed by atoms with Crippen LogP contribution < -0.4 is 15.8 Å². The Morgan fingerprint density at radius 3 is 2.47 bits per heavy atom. The van der Waals surface area contributed by atoms with Crippen molar-refractivity contribution in [2.45, 2.75) is 32.0 Å². The van der Waals surface area contributed by atoms with E-state index in [1.807, 2.05) is 0 Å². The van der Waals surface area contributed by atoms with E-state index in [0.29, 0.717) is 33.0 Å². The van der Waals surface area contributed by atoms with Crippen molar-refractivity contribution in [3.63, 3.8) is 0 Å². The van der Waals surface area contributed by atoms with Gasteiger partial charge in [0, 0.05) is 27.8 Å². The molecule has 1 aliphatic heterocycles. The molecule has 3 rings (SSSR count). The maximum atomic E-state index is 12.8. The Hall–Kier alpha value is -2.62. The topological polar surface area (TPSA) is 111 Å². The molecule has 0 radical (unpaired) electrons. The Morgan fingerprint density at radius 2 is 1.85 bits per heavy atom. The summed E-state index contributed by atoms with van der Waals surface area (Å²) in [6.07, 6.45) is -0.367. The molecule has 1 fully saturated rings. The minimum absolute atomic E-state index is 0.191. The first kappa shape index (κ1) is 26.0. The normalized spacial score (nSPS) is 16.1. The summed E-state index contributed by atoms with van der Waals surface area (Å²) < 4.78 is 10.8. The number of primary amides is 1. The third-order valence-corrected chi connectivity index (χ3v) is 6.88. The van der Waals surface area contributed by atoms with Crippen LogP contribution in [0.1, 0.15) is 18.1 Å². The van der Waals surface area contributed by atoms with Crippen LogP contribution in [-0.4, -0.2) is 53.1 Å². The Morgan fingerprint density at radius 1 is 1.18 bits per heavy atom. The number of hydrogen-bond acceptors (Lipinski definition) is 6. The minimum atomic E-state index is -0.934. The molecule has 0 spiro atoms. The summed E-state index contributed by atoms with van der Waals surface area (Å²) in [5, 5.41) is 3.71. The smallest absolute Gasteiger partial charge is 0.411 e. The molecule has 34 heavy (non-hydrogen) atoms. The molecule has 0 aromatic heterocycles. The monoisotopic (exact) mass is 525 g/mol. The van der Waals surface area contributed by atoms with Gasteiger partial charge in [0.2, 0.25) is 11.8 Å². The number of rotatable bonds is 9. The largest absolute Gasteiger partial charge is 0.489 e. The van der Waals surface area contributed by atoms with E-state index in [-0.39, 0.29) is 19.6 Å². The first-order chi connectivity index (χ1) is 16.3. The molecular formula is C23H25Cl2N3O5S. The number of ether oxygens (including phenoxy) is 2. The van der Waals surface area contributed by atoms with Gasteiger partial charge in [0.25, 0.3) is 0 Å². The number of amides is 3. The van der Waals surface area contributed by atoms with Gasteiger partial charge in [-0.25, -0.2) is 4.79 Å². The molecule has 8 nitrogen and oxygen atoms in total. The molecule has 1 saturated heterocycles. The van der Waals surface area contributed by atoms with Gasteiger partial charge in [-0.05, 0) is 36.8 Å². The average Bonchev–Trinajstić information content (AvgIpc) is 3.30. The molecule has 2 unspecified atom stereocenters. The predicted octanol–water partition coefficient (Wildman–Crippen LogP) is 3.62. The molecule has 182 valence electrons. The molecule has 2 aromatic carbocycles. The molecule has 3 amide bonds. The van der Waals surface area contributed by atoms with E-state index in [1.54, 1.807) is 49.4 Å². The van der Waals surface area contributed by atoms with E-state index in [0.717, 1.165) is 5.56 Å². The maximum absolute atomic E-state index is 12.8. The van der Waals surface area contributed by atoms with E-state index < -0.39 is 30.0 Å². The Bertz CT molecular complexity index is 1020. The highest BCUT2D eigenvalue weighted by atomic mass is 35.5. The lowest BCUT2D eigenvalue weighted by atomic mass is 10.0. The molecule has 11 heteroatoms. The number of benzene rings is 2. The van der Waals surface area contributed by atoms with Gasteiger partial charge in [0.1, 0.15) is 24.4 Å². The van der Waals surface area contributed by atoms with Crippen molar-refractivity contribution in [3.05, 3.63) is 63.6 Å². The Kier molecular flexibility index (Phi) is 9.32. The third kappa shape index (κ3) is 6.71. The van der Waals surface area contributed by atoms with Gasteiger partial charge in [0.05, 0.1) is 12.5 Å². The third-order valence-electron chi connectivity index (χ3n) is 5.16. The second-order valence-corrected chi connectivity index (χ2v) is 9.30. The number of hydrogen-bond donors (Lipinski definition) is 2. The standard InChI is InChI=1S/C23H25Cl2N3O5S/c1-2-32-23(31)28-13-34-12-20(28)22(30)27-19(21(26)29)10-14-6-8-15(9-7-14)33-11-16-17(24)4-3-5-18(16)25/h3-9,19-20H,2,10-13H2,1H3,(H2,26,29)(H,27,30). The van der Waals surface area contributed by atoms with Crippen LogP contribution in [0, 0.1) is 0 Å². The van der Waals surface area contributed by atoms with Crippen molar-refractivity contribution >= 4 is 52.9 Å². The highest BCUT2D eigenvalue weighted by molar-refractivity contribution is 7.99. The maximum Gasteiger partial charge on any atom is 0.411 e. The van der Waals surface area contributed by atoms with Crippen LogP contribution in [0.5, 0.6) is 5.75 Å². The lowest BCUT2D eigenvalue weighted by Gasteiger charge is -2.24. The number of nitrogens with two attached hydrogens (primary N) is 1. The fraction of sp³-hybridized carbons (Fsp3) is 0.348. The summed E-state index contributed by atoms with van der Waals surface area (Å²) in [6, 6.07) is 10.6. The molecule has 3 N–H and O–H groups in total. The van der Waals surface area contributed by atoms with Crippen LogP contribution in [0.4, 0.5) is 4.79 Å². The molecule has 1 aliphatic rings. The van der Waals surface area contributed by atoms with Gasteiger partial charge < -0.3 is 20.5 Å². The summed E-state index contributed by atoms with van der Waals surface area (Å²) >= 11 is 13.8. The summed E-state index contributed by atoms with van der Waals surface area (Å²) in [7, 11) is 0. The molecule has 0 aliphatic carbocycles. The second-order valence-electron chi connectivity index (χ2n) is 7.48. The van der Waals surface area contributed by atoms with Crippen molar-refractivity contribution in [3.8, 4) is 5.75 Å². The van der Waals surface area contributed by atoms with E-state index in [4.69, 9.17) is 38.4 Å². The number of thioether (sulfide) groups is 1. The first-order valence-electron chi connectivity index (χ1n) is 10.6. The van der Waals surface area contributed by atoms with Gasteiger partial charge in [-0.3, -0.25) is 14.5 Å². The van der Waals surface area contributed by atoms with Gasteiger partial charge in [-0.2, -0.15) is 0 Å². The van der Waals surface area contributed by atoms with Crippen molar-refractivity contribution in [2.75, 3.05) is 18.2 Å². The molecular weight excluding hydrogens is 501 g/mol. The minimum Gasteiger partial charge on any atom is -0.489 e. The van der Waals surface area contributed by atoms with Crippen molar-refractivity contribution in [2.24, 2.45) is 5.73 Å². The number of carbonyl (C=O) groups excluding carboxylic acids is 3. The van der Waals surface area contributed by atoms with Crippen molar-refractivity contribution in [1.29, 1.82) is 0 Å². The number of nitrogens with one attached hydrogen (secondary N) is 1. The van der Waals surface area contributed by atoms with Gasteiger partial charge in [-0.15, -0.1) is 11.8 Å². The van der Waals surface area contributed by atoms with Crippen LogP contribution in [0.25, 0.3) is 0 Å². The zero-order valence-corrected chi connectivity index (χ0v) is 20.8. The number of carbonyl (C=O) groups is 3. The van der Waals surface area contributed by atoms with Crippen LogP contribution >= 0.6 is 35.0 Å². The molecule has 0 bridgehead atoms. The summed E-state index contributed by atoms with van der Waals surface area (Å²) in [5.74, 6) is 0.234. The van der Waals surface area contributed by atoms with E-state index >= 15 is 0 Å². The lowest BCUT2D eigenvalue weighted by Crippen LogP contribution is -2.53. The van der Waals surface area contributed by atoms with Gasteiger partial charge in [-0.1, -0.05) is 41.4 Å². The lowest BCUT2D eigenvalue weighted by molar-refractivity contribution is -0.129. The van der Waals surface area contributed by atoms with Crippen LogP contribution in [0.2, 0.25) is 10.0 Å². The summed E-state index contributed by atoms with van der Waals surface area (Å²) in [4.78, 5) is 38.2. The SMILES string of the molecule is CCOC(=O)N1CSCC1C(=O)NC(Cc1ccc(OCc2c(Cl)cccc2Cl)cc1)C(N)=O. The van der Waals surface area contributed by atoms with Crippen molar-refractivity contribution in [1.82, 2.24) is 10.2 Å². The quantitative estimate of drug-likeness (QED) is 0.517. The molecule has 2 atom stereocenters. The van der Waals surface area contributed by atoms with Gasteiger partial charge >= 0.3 is 6.09 Å². The zero-order valence-electron chi connectivity index (χ0n) is 18.5. The molecule has 0 saturated carbocycles. The average molecular weight is 526 g/mol. The first-order valence-corrected chi connectivity index (χ1v) is 12.5. The number of nitrogens with zero attached hydrogens (tertiary/aromatic N) is 1. The molecule has 2 aromatic rings. The van der Waals surface area contributed by atoms with Crippen molar-refractivity contribution < 1.29 is 23.9 Å². The second kappa shape index (κ2) is 12.2. The number of halogens is 2. The fourth-order valence-electron chi connectivity index (χ4n) is 3.32. The van der Waals surface area contributed by atoms with Crippen LogP contribution in [-0.2, 0) is 27.4 Å². The predicted molar refractivity (Wildman–Crippen MR) is 132 cm³/mol. The summed E-state index contributed by atoms with van der Waals surface area (Å²) in [5.41, 5.74) is 6.99. The Balaban J connectivity index is 1.59.